The van der Waals surface area contributed by atoms with Gasteiger partial charge in [-0.1, -0.05) is 0 Å². The number of hydrogen-bond acceptors (Lipinski definition) is 5. The highest BCUT2D eigenvalue weighted by atomic mass is 32.2. The summed E-state index contributed by atoms with van der Waals surface area (Å²) in [6.07, 6.45) is 7.46. The Labute approximate surface area is 145 Å². The molecule has 1 aromatic rings. The summed E-state index contributed by atoms with van der Waals surface area (Å²) in [6.45, 7) is 0.839. The predicted octanol–water partition coefficient (Wildman–Crippen LogP) is 3.45. The van der Waals surface area contributed by atoms with E-state index in [0.29, 0.717) is 10.7 Å². The Kier molecular flexibility index (Phi) is 6.98. The van der Waals surface area contributed by atoms with Crippen molar-refractivity contribution in [2.24, 2.45) is 0 Å². The number of thioether (sulfide) groups is 1. The van der Waals surface area contributed by atoms with Crippen LogP contribution in [0.2, 0.25) is 0 Å². The van der Waals surface area contributed by atoms with Crippen LogP contribution in [-0.4, -0.2) is 36.7 Å². The summed E-state index contributed by atoms with van der Waals surface area (Å²) in [5, 5.41) is 7.78. The summed E-state index contributed by atoms with van der Waals surface area (Å²) in [7, 11) is 1.43. The molecule has 0 unspecified atom stereocenters. The van der Waals surface area contributed by atoms with Crippen LogP contribution in [0.25, 0.3) is 0 Å². The maximum absolute atomic E-state index is 12.1. The molecule has 1 aliphatic rings. The Morgan fingerprint density at radius 2 is 2.18 bits per heavy atom. The molecule has 0 spiro atoms. The van der Waals surface area contributed by atoms with E-state index < -0.39 is 0 Å². The second-order valence-corrected chi connectivity index (χ2v) is 7.63. The van der Waals surface area contributed by atoms with Crippen molar-refractivity contribution in [1.82, 2.24) is 5.32 Å². The maximum atomic E-state index is 12.1. The molecule has 122 valence electrons. The van der Waals surface area contributed by atoms with Gasteiger partial charge in [0, 0.05) is 11.4 Å². The molecular formula is C15H22N2O2S3. The average Bonchev–Trinajstić information content (AvgIpc) is 2.88. The smallest absolute Gasteiger partial charge is 0.341 e. The quantitative estimate of drug-likeness (QED) is 0.461. The number of thiocarbonyl (C=S) groups is 1. The molecule has 7 heteroatoms. The van der Waals surface area contributed by atoms with Crippen molar-refractivity contribution in [1.29, 1.82) is 0 Å². The molecule has 0 saturated heterocycles. The summed E-state index contributed by atoms with van der Waals surface area (Å²) in [5.74, 6) is 0.836. The van der Waals surface area contributed by atoms with Gasteiger partial charge in [-0.3, -0.25) is 0 Å². The fraction of sp³-hybridized carbons (Fsp3) is 0.600. The second-order valence-electron chi connectivity index (χ2n) is 5.13. The number of carbonyl (C=O) groups excluding carboxylic acids is 1. The Balaban J connectivity index is 2.08. The van der Waals surface area contributed by atoms with Gasteiger partial charge in [-0.05, 0) is 61.9 Å². The first-order valence-electron chi connectivity index (χ1n) is 7.44. The van der Waals surface area contributed by atoms with Crippen molar-refractivity contribution in [3.63, 3.8) is 0 Å². The molecule has 4 nitrogen and oxygen atoms in total. The molecular weight excluding hydrogens is 336 g/mol. The number of hydrogen-bond donors (Lipinski definition) is 2. The van der Waals surface area contributed by atoms with E-state index in [1.54, 1.807) is 11.3 Å². The number of nitrogens with one attached hydrogen (secondary N) is 2. The van der Waals surface area contributed by atoms with Crippen LogP contribution in [0.1, 0.15) is 40.1 Å². The number of aryl methyl sites for hydroxylation is 1. The number of fused-ring (bicyclic) bond motifs is 1. The minimum atomic E-state index is -0.271. The van der Waals surface area contributed by atoms with Gasteiger partial charge < -0.3 is 15.4 Å². The summed E-state index contributed by atoms with van der Waals surface area (Å²) in [4.78, 5) is 13.4. The van der Waals surface area contributed by atoms with Crippen molar-refractivity contribution in [2.45, 2.75) is 32.1 Å². The highest BCUT2D eigenvalue weighted by Gasteiger charge is 2.26. The van der Waals surface area contributed by atoms with Crippen LogP contribution in [-0.2, 0) is 17.6 Å². The van der Waals surface area contributed by atoms with Gasteiger partial charge in [0.05, 0.1) is 12.7 Å². The first-order valence-corrected chi connectivity index (χ1v) is 10.1. The molecule has 0 bridgehead atoms. The summed E-state index contributed by atoms with van der Waals surface area (Å²) >= 11 is 8.79. The summed E-state index contributed by atoms with van der Waals surface area (Å²) in [6, 6.07) is 0. The van der Waals surface area contributed by atoms with Crippen LogP contribution in [0.15, 0.2) is 0 Å². The van der Waals surface area contributed by atoms with Crippen molar-refractivity contribution >= 4 is 51.4 Å². The third kappa shape index (κ3) is 4.36. The third-order valence-electron chi connectivity index (χ3n) is 3.60. The normalized spacial score (nSPS) is 13.4. The van der Waals surface area contributed by atoms with Gasteiger partial charge in [0.2, 0.25) is 0 Å². The fourth-order valence-electron chi connectivity index (χ4n) is 2.54. The van der Waals surface area contributed by atoms with Crippen LogP contribution >= 0.6 is 35.3 Å². The molecule has 0 saturated carbocycles. The minimum absolute atomic E-state index is 0.271. The number of rotatable bonds is 6. The topological polar surface area (TPSA) is 50.4 Å². The number of methoxy groups -OCH3 is 1. The van der Waals surface area contributed by atoms with E-state index in [1.807, 2.05) is 11.8 Å². The number of thiophene rings is 1. The number of carbonyl (C=O) groups is 1. The van der Waals surface area contributed by atoms with Crippen molar-refractivity contribution < 1.29 is 9.53 Å². The van der Waals surface area contributed by atoms with Gasteiger partial charge >= 0.3 is 5.97 Å². The lowest BCUT2D eigenvalue weighted by Crippen LogP contribution is -2.29. The summed E-state index contributed by atoms with van der Waals surface area (Å²) < 4.78 is 4.96. The van der Waals surface area contributed by atoms with Gasteiger partial charge in [-0.25, -0.2) is 4.79 Å². The molecule has 1 aromatic heterocycles. The van der Waals surface area contributed by atoms with Crippen molar-refractivity contribution in [3.05, 3.63) is 16.0 Å². The van der Waals surface area contributed by atoms with Crippen molar-refractivity contribution in [2.75, 3.05) is 31.0 Å². The van der Waals surface area contributed by atoms with Crippen LogP contribution in [0.4, 0.5) is 5.00 Å². The molecule has 2 rings (SSSR count). The zero-order chi connectivity index (χ0) is 15.9. The predicted molar refractivity (Wildman–Crippen MR) is 99.5 cm³/mol. The van der Waals surface area contributed by atoms with E-state index in [1.165, 1.54) is 18.4 Å². The minimum Gasteiger partial charge on any atom is -0.465 e. The van der Waals surface area contributed by atoms with E-state index in [4.69, 9.17) is 17.0 Å². The van der Waals surface area contributed by atoms with E-state index in [-0.39, 0.29) is 5.97 Å². The second kappa shape index (κ2) is 8.74. The Bertz CT molecular complexity index is 543. The monoisotopic (exact) mass is 358 g/mol. The van der Waals surface area contributed by atoms with E-state index in [9.17, 15) is 4.79 Å². The zero-order valence-electron chi connectivity index (χ0n) is 13.0. The highest BCUT2D eigenvalue weighted by molar-refractivity contribution is 7.98. The largest absolute Gasteiger partial charge is 0.465 e. The fourth-order valence-corrected chi connectivity index (χ4v) is 4.52. The molecule has 22 heavy (non-hydrogen) atoms. The number of anilines is 1. The lowest BCUT2D eigenvalue weighted by molar-refractivity contribution is 0.0601. The number of ether oxygens (including phenoxy) is 1. The highest BCUT2D eigenvalue weighted by Crippen LogP contribution is 2.38. The Morgan fingerprint density at radius 1 is 1.41 bits per heavy atom. The van der Waals surface area contributed by atoms with Gasteiger partial charge in [0.15, 0.2) is 5.11 Å². The van der Waals surface area contributed by atoms with Gasteiger partial charge in [-0.2, -0.15) is 11.8 Å². The van der Waals surface area contributed by atoms with E-state index in [2.05, 4.69) is 16.9 Å². The molecule has 0 amide bonds. The van der Waals surface area contributed by atoms with Crippen LogP contribution in [0.3, 0.4) is 0 Å². The molecule has 0 radical (unpaired) electrons. The first kappa shape index (κ1) is 17.6. The molecule has 0 fully saturated rings. The molecule has 2 N–H and O–H groups in total. The van der Waals surface area contributed by atoms with Crippen LogP contribution in [0, 0.1) is 0 Å². The van der Waals surface area contributed by atoms with Gasteiger partial charge in [-0.15, -0.1) is 11.3 Å². The van der Waals surface area contributed by atoms with Crippen molar-refractivity contribution in [3.8, 4) is 0 Å². The molecule has 0 aromatic carbocycles. The third-order valence-corrected chi connectivity index (χ3v) is 5.75. The van der Waals surface area contributed by atoms with E-state index >= 15 is 0 Å². The SMILES string of the molecule is COC(=O)c1c(NC(=S)NCCCSC)sc2c1CCCC2. The Morgan fingerprint density at radius 3 is 2.91 bits per heavy atom. The lowest BCUT2D eigenvalue weighted by atomic mass is 9.95. The van der Waals surface area contributed by atoms with Crippen LogP contribution < -0.4 is 10.6 Å². The lowest BCUT2D eigenvalue weighted by Gasteiger charge is -2.12. The maximum Gasteiger partial charge on any atom is 0.341 e. The average molecular weight is 359 g/mol. The van der Waals surface area contributed by atoms with Gasteiger partial charge in [0.1, 0.15) is 5.00 Å². The molecule has 1 aliphatic carbocycles. The Hall–Kier alpha value is -0.790. The van der Waals surface area contributed by atoms with E-state index in [0.717, 1.165) is 48.5 Å². The molecule has 0 atom stereocenters. The van der Waals surface area contributed by atoms with Crippen LogP contribution in [0.5, 0.6) is 0 Å². The first-order chi connectivity index (χ1) is 10.7. The number of esters is 1. The van der Waals surface area contributed by atoms with Gasteiger partial charge in [0.25, 0.3) is 0 Å². The zero-order valence-corrected chi connectivity index (χ0v) is 15.4. The molecule has 0 aliphatic heterocycles. The molecule has 1 heterocycles. The standard InChI is InChI=1S/C15H22N2O2S3/c1-19-14(18)12-10-6-3-4-7-11(10)22-13(12)17-15(20)16-8-5-9-21-2/h3-9H2,1-2H3,(H2,16,17,20). The summed E-state index contributed by atoms with van der Waals surface area (Å²) in [5.41, 5.74) is 1.83.